The number of piperazine rings is 1. The molecule has 1 saturated carbocycles. The Hall–Kier alpha value is -2.70. The van der Waals surface area contributed by atoms with Crippen molar-refractivity contribution >= 4 is 11.8 Å². The van der Waals surface area contributed by atoms with E-state index in [1.807, 2.05) is 23.1 Å². The molecule has 4 rings (SSSR count). The molecule has 2 fully saturated rings. The van der Waals surface area contributed by atoms with E-state index in [-0.39, 0.29) is 11.8 Å². The van der Waals surface area contributed by atoms with Crippen LogP contribution in [0.4, 0.5) is 0 Å². The van der Waals surface area contributed by atoms with Gasteiger partial charge in [0.05, 0.1) is 0 Å². The van der Waals surface area contributed by atoms with Gasteiger partial charge >= 0.3 is 0 Å². The SMILES string of the molecule is CN1CCN(C(=O)C(CCCCN[C@@H]2C[C@H]2c2ccccc2)NC(=O)c2ccccc2)CC1. The molecule has 1 heterocycles. The highest BCUT2D eigenvalue weighted by Crippen LogP contribution is 2.40. The average molecular weight is 449 g/mol. The van der Waals surface area contributed by atoms with E-state index in [4.69, 9.17) is 0 Å². The first-order valence-electron chi connectivity index (χ1n) is 12.2. The summed E-state index contributed by atoms with van der Waals surface area (Å²) in [6, 6.07) is 19.9. The van der Waals surface area contributed by atoms with Gasteiger partial charge in [-0.1, -0.05) is 48.5 Å². The third-order valence-electron chi connectivity index (χ3n) is 6.80. The van der Waals surface area contributed by atoms with Crippen molar-refractivity contribution in [2.75, 3.05) is 39.8 Å². The molecule has 176 valence electrons. The van der Waals surface area contributed by atoms with Gasteiger partial charge in [-0.3, -0.25) is 9.59 Å². The molecule has 0 aromatic heterocycles. The van der Waals surface area contributed by atoms with Crippen molar-refractivity contribution in [2.45, 2.75) is 43.7 Å². The first kappa shape index (κ1) is 23.5. The van der Waals surface area contributed by atoms with Crippen molar-refractivity contribution in [3.05, 3.63) is 71.8 Å². The van der Waals surface area contributed by atoms with Gasteiger partial charge in [-0.25, -0.2) is 0 Å². The molecule has 2 N–H and O–H groups in total. The molecular formula is C27H36N4O2. The van der Waals surface area contributed by atoms with Crippen molar-refractivity contribution in [3.8, 4) is 0 Å². The Kier molecular flexibility index (Phi) is 8.13. The smallest absolute Gasteiger partial charge is 0.251 e. The minimum atomic E-state index is -0.473. The van der Waals surface area contributed by atoms with Crippen LogP contribution >= 0.6 is 0 Å². The van der Waals surface area contributed by atoms with Gasteiger partial charge in [0, 0.05) is 43.7 Å². The number of carbonyl (C=O) groups is 2. The number of carbonyl (C=O) groups excluding carboxylic acids is 2. The summed E-state index contributed by atoms with van der Waals surface area (Å²) >= 11 is 0. The van der Waals surface area contributed by atoms with E-state index in [0.29, 0.717) is 23.9 Å². The van der Waals surface area contributed by atoms with Crippen molar-refractivity contribution in [1.29, 1.82) is 0 Å². The zero-order chi connectivity index (χ0) is 23.0. The van der Waals surface area contributed by atoms with Crippen LogP contribution in [0.5, 0.6) is 0 Å². The van der Waals surface area contributed by atoms with Crippen LogP contribution in [0.15, 0.2) is 60.7 Å². The minimum Gasteiger partial charge on any atom is -0.340 e. The summed E-state index contributed by atoms with van der Waals surface area (Å²) in [5.41, 5.74) is 2.01. The van der Waals surface area contributed by atoms with Gasteiger partial charge in [-0.15, -0.1) is 0 Å². The maximum Gasteiger partial charge on any atom is 0.251 e. The third kappa shape index (κ3) is 6.65. The quantitative estimate of drug-likeness (QED) is 0.549. The number of unbranched alkanes of at least 4 members (excludes halogenated alkanes) is 1. The molecule has 6 nitrogen and oxygen atoms in total. The van der Waals surface area contributed by atoms with E-state index < -0.39 is 6.04 Å². The van der Waals surface area contributed by atoms with Crippen molar-refractivity contribution in [1.82, 2.24) is 20.4 Å². The summed E-state index contributed by atoms with van der Waals surface area (Å²) in [7, 11) is 2.08. The summed E-state index contributed by atoms with van der Waals surface area (Å²) in [5, 5.41) is 6.67. The van der Waals surface area contributed by atoms with Crippen LogP contribution in [-0.4, -0.2) is 73.5 Å². The lowest BCUT2D eigenvalue weighted by Gasteiger charge is -2.34. The molecule has 2 aromatic rings. The van der Waals surface area contributed by atoms with Crippen LogP contribution < -0.4 is 10.6 Å². The van der Waals surface area contributed by atoms with E-state index in [1.165, 1.54) is 12.0 Å². The predicted molar refractivity (Wildman–Crippen MR) is 131 cm³/mol. The highest BCUT2D eigenvalue weighted by atomic mass is 16.2. The summed E-state index contributed by atoms with van der Waals surface area (Å²) in [4.78, 5) is 30.1. The molecule has 1 aliphatic carbocycles. The maximum absolute atomic E-state index is 13.2. The molecule has 1 unspecified atom stereocenters. The Morgan fingerprint density at radius 3 is 2.30 bits per heavy atom. The third-order valence-corrected chi connectivity index (χ3v) is 6.80. The lowest BCUT2D eigenvalue weighted by molar-refractivity contribution is -0.135. The van der Waals surface area contributed by atoms with Crippen LogP contribution in [0, 0.1) is 0 Å². The van der Waals surface area contributed by atoms with Crippen LogP contribution in [0.2, 0.25) is 0 Å². The van der Waals surface area contributed by atoms with Gasteiger partial charge in [0.1, 0.15) is 6.04 Å². The number of hydrogen-bond donors (Lipinski definition) is 2. The fraction of sp³-hybridized carbons (Fsp3) is 0.481. The standard InChI is InChI=1S/C27H36N4O2/c1-30-16-18-31(19-17-30)27(33)24(29-26(32)22-12-6-3-7-13-22)14-8-9-15-28-25-20-23(25)21-10-4-2-5-11-21/h2-7,10-13,23-25,28H,8-9,14-20H2,1H3,(H,29,32)/t23-,24?,25+/m0/s1. The van der Waals surface area contributed by atoms with E-state index in [9.17, 15) is 9.59 Å². The predicted octanol–water partition coefficient (Wildman–Crippen LogP) is 2.88. The number of benzene rings is 2. The first-order chi connectivity index (χ1) is 16.1. The highest BCUT2D eigenvalue weighted by Gasteiger charge is 2.37. The largest absolute Gasteiger partial charge is 0.340 e. The molecule has 2 amide bonds. The second kappa shape index (κ2) is 11.4. The van der Waals surface area contributed by atoms with Crippen molar-refractivity contribution in [3.63, 3.8) is 0 Å². The van der Waals surface area contributed by atoms with E-state index in [0.717, 1.165) is 45.6 Å². The van der Waals surface area contributed by atoms with E-state index >= 15 is 0 Å². The molecule has 1 saturated heterocycles. The van der Waals surface area contributed by atoms with Crippen LogP contribution in [0.1, 0.15) is 47.5 Å². The number of hydrogen-bond acceptors (Lipinski definition) is 4. The second-order valence-corrected chi connectivity index (χ2v) is 9.33. The van der Waals surface area contributed by atoms with Gasteiger partial charge < -0.3 is 20.4 Å². The minimum absolute atomic E-state index is 0.0478. The monoisotopic (exact) mass is 448 g/mol. The molecule has 0 bridgehead atoms. The van der Waals surface area contributed by atoms with E-state index in [1.54, 1.807) is 12.1 Å². The lowest BCUT2D eigenvalue weighted by atomic mass is 10.1. The molecule has 3 atom stereocenters. The molecule has 0 radical (unpaired) electrons. The normalized spacial score (nSPS) is 21.4. The molecule has 6 heteroatoms. The Balaban J connectivity index is 1.25. The van der Waals surface area contributed by atoms with Crippen LogP contribution in [-0.2, 0) is 4.79 Å². The van der Waals surface area contributed by atoms with E-state index in [2.05, 4.69) is 52.9 Å². The zero-order valence-electron chi connectivity index (χ0n) is 19.6. The highest BCUT2D eigenvalue weighted by molar-refractivity contribution is 5.97. The number of nitrogens with zero attached hydrogens (tertiary/aromatic N) is 2. The molecule has 1 aliphatic heterocycles. The molecule has 33 heavy (non-hydrogen) atoms. The zero-order valence-corrected chi connectivity index (χ0v) is 19.6. The van der Waals surface area contributed by atoms with Gasteiger partial charge in [-0.2, -0.15) is 0 Å². The summed E-state index contributed by atoms with van der Waals surface area (Å²) in [6.07, 6.45) is 3.75. The number of likely N-dealkylation sites (N-methyl/N-ethyl adjacent to an activating group) is 1. The molecule has 2 aliphatic rings. The lowest BCUT2D eigenvalue weighted by Crippen LogP contribution is -2.54. The Morgan fingerprint density at radius 2 is 1.61 bits per heavy atom. The summed E-state index contributed by atoms with van der Waals surface area (Å²) in [6.45, 7) is 4.13. The van der Waals surface area contributed by atoms with Crippen molar-refractivity contribution in [2.24, 2.45) is 0 Å². The molecule has 0 spiro atoms. The number of nitrogens with one attached hydrogen (secondary N) is 2. The van der Waals surface area contributed by atoms with Gasteiger partial charge in [0.15, 0.2) is 0 Å². The topological polar surface area (TPSA) is 64.7 Å². The fourth-order valence-electron chi connectivity index (χ4n) is 4.59. The molecular weight excluding hydrogens is 412 g/mol. The number of amides is 2. The van der Waals surface area contributed by atoms with Crippen LogP contribution in [0.25, 0.3) is 0 Å². The van der Waals surface area contributed by atoms with Gasteiger partial charge in [0.2, 0.25) is 5.91 Å². The number of rotatable bonds is 10. The van der Waals surface area contributed by atoms with Crippen molar-refractivity contribution < 1.29 is 9.59 Å². The Bertz CT molecular complexity index is 897. The van der Waals surface area contributed by atoms with Gasteiger partial charge in [0.25, 0.3) is 5.91 Å². The Labute approximate surface area is 197 Å². The first-order valence-corrected chi connectivity index (χ1v) is 12.2. The van der Waals surface area contributed by atoms with Crippen LogP contribution in [0.3, 0.4) is 0 Å². The molecule has 2 aromatic carbocycles. The summed E-state index contributed by atoms with van der Waals surface area (Å²) in [5.74, 6) is 0.500. The Morgan fingerprint density at radius 1 is 0.939 bits per heavy atom. The van der Waals surface area contributed by atoms with Gasteiger partial charge in [-0.05, 0) is 57.0 Å². The maximum atomic E-state index is 13.2. The average Bonchev–Trinajstić information content (AvgIpc) is 3.64. The second-order valence-electron chi connectivity index (χ2n) is 9.33. The fourth-order valence-corrected chi connectivity index (χ4v) is 4.59. The summed E-state index contributed by atoms with van der Waals surface area (Å²) < 4.78 is 0.